The van der Waals surface area contributed by atoms with Crippen molar-refractivity contribution in [2.45, 2.75) is 44.5 Å². The second-order valence-electron chi connectivity index (χ2n) is 10.0. The minimum Gasteiger partial charge on any atom is -0.485 e. The Balaban J connectivity index is 1.29. The Hall–Kier alpha value is -3.66. The number of amides is 1. The van der Waals surface area contributed by atoms with Gasteiger partial charge in [0, 0.05) is 42.0 Å². The summed E-state index contributed by atoms with van der Waals surface area (Å²) in [4.78, 5) is 21.8. The van der Waals surface area contributed by atoms with Crippen molar-refractivity contribution >= 4 is 11.7 Å². The number of carbonyl (C=O) groups is 1. The molecule has 0 unspecified atom stereocenters. The number of nitrogens with zero attached hydrogens (tertiary/aromatic N) is 3. The average molecular weight is 543 g/mol. The van der Waals surface area contributed by atoms with E-state index in [-0.39, 0.29) is 29.1 Å². The summed E-state index contributed by atoms with van der Waals surface area (Å²) in [5.74, 6) is -1.28. The molecule has 0 saturated carbocycles. The smallest absolute Gasteiger partial charge is 0.419 e. The highest BCUT2D eigenvalue weighted by molar-refractivity contribution is 5.95. The van der Waals surface area contributed by atoms with Crippen molar-refractivity contribution in [2.24, 2.45) is 0 Å². The maximum absolute atomic E-state index is 13.9. The third kappa shape index (κ3) is 6.00. The predicted octanol–water partition coefficient (Wildman–Crippen LogP) is 5.77. The molecule has 2 aliphatic heterocycles. The van der Waals surface area contributed by atoms with Crippen LogP contribution in [0.15, 0.2) is 54.7 Å². The molecule has 0 bridgehead atoms. The first-order valence-corrected chi connectivity index (χ1v) is 13.1. The summed E-state index contributed by atoms with van der Waals surface area (Å²) in [6.07, 6.45) is 1.11. The normalized spacial score (nSPS) is 18.1. The van der Waals surface area contributed by atoms with Crippen molar-refractivity contribution in [3.05, 3.63) is 77.2 Å². The number of anilines is 1. The van der Waals surface area contributed by atoms with Gasteiger partial charge in [-0.15, -0.1) is 0 Å². The second kappa shape index (κ2) is 11.2. The Bertz CT molecular complexity index is 1320. The number of benzene rings is 2. The molecule has 0 aliphatic carbocycles. The zero-order valence-corrected chi connectivity index (χ0v) is 21.4. The maximum Gasteiger partial charge on any atom is 0.419 e. The van der Waals surface area contributed by atoms with Crippen LogP contribution < -0.4 is 10.5 Å². The zero-order valence-electron chi connectivity index (χ0n) is 21.4. The van der Waals surface area contributed by atoms with Crippen LogP contribution in [-0.2, 0) is 12.8 Å². The molecule has 2 N–H and O–H groups in total. The number of alkyl halides is 3. The molecule has 2 fully saturated rings. The molecule has 2 saturated heterocycles. The first-order valence-electron chi connectivity index (χ1n) is 13.1. The van der Waals surface area contributed by atoms with E-state index in [0.29, 0.717) is 11.1 Å². The molecule has 3 aromatic rings. The molecular weight excluding hydrogens is 512 g/mol. The molecule has 1 aromatic heterocycles. The quantitative estimate of drug-likeness (QED) is 0.384. The van der Waals surface area contributed by atoms with Gasteiger partial charge in [-0.3, -0.25) is 4.79 Å². The number of hydrogen-bond acceptors (Lipinski definition) is 5. The molecule has 39 heavy (non-hydrogen) atoms. The number of nitrogen functional groups attached to an aromatic ring is 1. The van der Waals surface area contributed by atoms with Crippen molar-refractivity contribution in [3.63, 3.8) is 0 Å². The SMILES string of the molecule is Nc1ncc(-c2ccc(C(=O)N3CCC[C@H]3CN3CCCC3)cc2)cc1OCc1cccc(F)c1C(F)(F)F. The van der Waals surface area contributed by atoms with Gasteiger partial charge >= 0.3 is 6.18 Å². The molecule has 6 nitrogen and oxygen atoms in total. The number of carbonyl (C=O) groups excluding carboxylic acids is 1. The lowest BCUT2D eigenvalue weighted by atomic mass is 10.0. The first kappa shape index (κ1) is 26.9. The maximum atomic E-state index is 13.9. The van der Waals surface area contributed by atoms with E-state index in [1.54, 1.807) is 30.3 Å². The molecular formula is C29H30F4N4O2. The van der Waals surface area contributed by atoms with Crippen molar-refractivity contribution in [3.8, 4) is 16.9 Å². The van der Waals surface area contributed by atoms with Gasteiger partial charge in [-0.25, -0.2) is 9.37 Å². The minimum absolute atomic E-state index is 0.00594. The Morgan fingerprint density at radius 3 is 2.49 bits per heavy atom. The van der Waals surface area contributed by atoms with Gasteiger partial charge in [-0.2, -0.15) is 13.2 Å². The summed E-state index contributed by atoms with van der Waals surface area (Å²) >= 11 is 0. The molecule has 0 radical (unpaired) electrons. The second-order valence-corrected chi connectivity index (χ2v) is 10.0. The van der Waals surface area contributed by atoms with E-state index < -0.39 is 24.2 Å². The van der Waals surface area contributed by atoms with Gasteiger partial charge < -0.3 is 20.3 Å². The van der Waals surface area contributed by atoms with E-state index in [2.05, 4.69) is 9.88 Å². The van der Waals surface area contributed by atoms with Gasteiger partial charge in [0.15, 0.2) is 11.6 Å². The fraction of sp³-hybridized carbons (Fsp3) is 0.379. The largest absolute Gasteiger partial charge is 0.485 e. The van der Waals surface area contributed by atoms with E-state index >= 15 is 0 Å². The standard InChI is InChI=1S/C29H30F4N4O2/c30-24-7-3-5-21(26(24)29(31,32)33)18-39-25-15-22(16-35-27(25)34)19-8-10-20(11-9-19)28(38)37-14-4-6-23(37)17-36-12-1-2-13-36/h3,5,7-11,15-16,23H,1-2,4,6,12-14,17-18H2,(H2,34,35)/t23-/m0/s1. The lowest BCUT2D eigenvalue weighted by molar-refractivity contribution is -0.141. The molecule has 3 heterocycles. The number of rotatable bonds is 7. The first-order chi connectivity index (χ1) is 18.7. The minimum atomic E-state index is -4.86. The highest BCUT2D eigenvalue weighted by atomic mass is 19.4. The molecule has 1 amide bonds. The Kier molecular flexibility index (Phi) is 7.74. The topological polar surface area (TPSA) is 71.7 Å². The predicted molar refractivity (Wildman–Crippen MR) is 140 cm³/mol. The highest BCUT2D eigenvalue weighted by Gasteiger charge is 2.37. The number of likely N-dealkylation sites (tertiary alicyclic amines) is 2. The van der Waals surface area contributed by atoms with E-state index in [1.807, 2.05) is 4.90 Å². The summed E-state index contributed by atoms with van der Waals surface area (Å²) in [7, 11) is 0. The lowest BCUT2D eigenvalue weighted by Gasteiger charge is -2.28. The van der Waals surface area contributed by atoms with Crippen molar-refractivity contribution in [2.75, 3.05) is 31.9 Å². The van der Waals surface area contributed by atoms with E-state index in [9.17, 15) is 22.4 Å². The van der Waals surface area contributed by atoms with Crippen LogP contribution in [0.2, 0.25) is 0 Å². The van der Waals surface area contributed by atoms with Crippen LogP contribution in [0, 0.1) is 5.82 Å². The van der Waals surface area contributed by atoms with E-state index in [4.69, 9.17) is 10.5 Å². The van der Waals surface area contributed by atoms with Crippen LogP contribution in [-0.4, -0.2) is 52.9 Å². The summed E-state index contributed by atoms with van der Waals surface area (Å²) in [5.41, 5.74) is 6.13. The number of hydrogen-bond donors (Lipinski definition) is 1. The van der Waals surface area contributed by atoms with Gasteiger partial charge in [0.2, 0.25) is 0 Å². The average Bonchev–Trinajstić information content (AvgIpc) is 3.60. The van der Waals surface area contributed by atoms with Crippen LogP contribution in [0.3, 0.4) is 0 Å². The van der Waals surface area contributed by atoms with Gasteiger partial charge in [-0.1, -0.05) is 24.3 Å². The van der Waals surface area contributed by atoms with E-state index in [1.165, 1.54) is 25.1 Å². The number of ether oxygens (including phenoxy) is 1. The van der Waals surface area contributed by atoms with Crippen LogP contribution >= 0.6 is 0 Å². The fourth-order valence-electron chi connectivity index (χ4n) is 5.42. The van der Waals surface area contributed by atoms with Crippen molar-refractivity contribution in [1.29, 1.82) is 0 Å². The summed E-state index contributed by atoms with van der Waals surface area (Å²) < 4.78 is 59.5. The number of pyridine rings is 1. The number of halogens is 4. The number of aromatic nitrogens is 1. The van der Waals surface area contributed by atoms with Gasteiger partial charge in [0.1, 0.15) is 12.4 Å². The van der Waals surface area contributed by atoms with Crippen molar-refractivity contribution in [1.82, 2.24) is 14.8 Å². The lowest BCUT2D eigenvalue weighted by Crippen LogP contribution is -2.42. The Labute approximate surface area is 224 Å². The summed E-state index contributed by atoms with van der Waals surface area (Å²) in [6, 6.07) is 12.0. The van der Waals surface area contributed by atoms with Crippen LogP contribution in [0.1, 0.15) is 47.2 Å². The fourth-order valence-corrected chi connectivity index (χ4v) is 5.42. The van der Waals surface area contributed by atoms with E-state index in [0.717, 1.165) is 56.7 Å². The highest BCUT2D eigenvalue weighted by Crippen LogP contribution is 2.35. The van der Waals surface area contributed by atoms with Crippen LogP contribution in [0.25, 0.3) is 11.1 Å². The van der Waals surface area contributed by atoms with Crippen LogP contribution in [0.5, 0.6) is 5.75 Å². The molecule has 1 atom stereocenters. The van der Waals surface area contributed by atoms with Gasteiger partial charge in [0.05, 0.1) is 5.56 Å². The molecule has 5 rings (SSSR count). The van der Waals surface area contributed by atoms with Gasteiger partial charge in [-0.05, 0) is 68.6 Å². The van der Waals surface area contributed by atoms with Crippen molar-refractivity contribution < 1.29 is 27.1 Å². The third-order valence-corrected chi connectivity index (χ3v) is 7.42. The molecule has 206 valence electrons. The third-order valence-electron chi connectivity index (χ3n) is 7.42. The van der Waals surface area contributed by atoms with Crippen LogP contribution in [0.4, 0.5) is 23.4 Å². The molecule has 2 aromatic carbocycles. The molecule has 0 spiro atoms. The summed E-state index contributed by atoms with van der Waals surface area (Å²) in [6.45, 7) is 3.33. The zero-order chi connectivity index (χ0) is 27.6. The van der Waals surface area contributed by atoms with Gasteiger partial charge in [0.25, 0.3) is 5.91 Å². The molecule has 2 aliphatic rings. The summed E-state index contributed by atoms with van der Waals surface area (Å²) in [5, 5.41) is 0. The Morgan fingerprint density at radius 2 is 1.77 bits per heavy atom. The monoisotopic (exact) mass is 542 g/mol. The Morgan fingerprint density at radius 1 is 1.03 bits per heavy atom. The molecule has 10 heteroatoms. The number of nitrogens with two attached hydrogens (primary N) is 1.